The van der Waals surface area contributed by atoms with Crippen LogP contribution in [0.5, 0.6) is 0 Å². The van der Waals surface area contributed by atoms with Crippen molar-refractivity contribution in [3.63, 3.8) is 0 Å². The normalized spacial score (nSPS) is 40.5. The summed E-state index contributed by atoms with van der Waals surface area (Å²) < 4.78 is 5.87. The van der Waals surface area contributed by atoms with Crippen molar-refractivity contribution < 1.29 is 24.9 Å². The molecule has 0 aromatic rings. The third-order valence-corrected chi connectivity index (χ3v) is 7.07. The topological polar surface area (TPSA) is 111 Å². The van der Waals surface area contributed by atoms with Gasteiger partial charge in [0, 0.05) is 6.54 Å². The summed E-state index contributed by atoms with van der Waals surface area (Å²) in [5.41, 5.74) is -0.639. The van der Waals surface area contributed by atoms with Crippen LogP contribution in [0.1, 0.15) is 39.5 Å². The number of aliphatic hydroxyl groups is 3. The first-order valence-electron chi connectivity index (χ1n) is 10.1. The van der Waals surface area contributed by atoms with Crippen LogP contribution in [-0.2, 0) is 9.53 Å². The number of nitrogens with one attached hydrogen (secondary N) is 2. The number of rotatable bonds is 8. The van der Waals surface area contributed by atoms with Gasteiger partial charge in [-0.2, -0.15) is 0 Å². The van der Waals surface area contributed by atoms with Gasteiger partial charge < -0.3 is 30.7 Å². The molecule has 2 heterocycles. The Labute approximate surface area is 165 Å². The highest BCUT2D eigenvalue weighted by Crippen LogP contribution is 2.36. The van der Waals surface area contributed by atoms with E-state index in [0.29, 0.717) is 5.92 Å². The fraction of sp³-hybridized carbons (Fsp3) is 0.947. The first kappa shape index (κ1) is 21.3. The van der Waals surface area contributed by atoms with Crippen molar-refractivity contribution in [1.82, 2.24) is 10.6 Å². The molecule has 156 valence electrons. The minimum absolute atomic E-state index is 0.00328. The van der Waals surface area contributed by atoms with E-state index in [2.05, 4.69) is 10.6 Å². The molecule has 5 N–H and O–H groups in total. The maximum Gasteiger partial charge on any atom is 0.237 e. The molecule has 1 amide bonds. The van der Waals surface area contributed by atoms with Crippen LogP contribution >= 0.6 is 11.8 Å². The minimum atomic E-state index is -1.30. The summed E-state index contributed by atoms with van der Waals surface area (Å²) in [6.45, 7) is 4.77. The highest BCUT2D eigenvalue weighted by Gasteiger charge is 2.48. The Kier molecular flexibility index (Phi) is 7.08. The predicted molar refractivity (Wildman–Crippen MR) is 104 cm³/mol. The van der Waals surface area contributed by atoms with Gasteiger partial charge in [-0.3, -0.25) is 4.79 Å². The number of amides is 1. The molecular formula is C19H34N2O5S. The van der Waals surface area contributed by atoms with Crippen LogP contribution in [0.3, 0.4) is 0 Å². The molecule has 0 bridgehead atoms. The number of hydrogen-bond donors (Lipinski definition) is 5. The average Bonchev–Trinajstić information content (AvgIpc) is 3.42. The molecule has 7 nitrogen and oxygen atoms in total. The van der Waals surface area contributed by atoms with Gasteiger partial charge >= 0.3 is 0 Å². The molecule has 8 atom stereocenters. The fourth-order valence-electron chi connectivity index (χ4n) is 4.08. The Morgan fingerprint density at radius 3 is 2.41 bits per heavy atom. The van der Waals surface area contributed by atoms with Gasteiger partial charge in [0.25, 0.3) is 0 Å². The average molecular weight is 403 g/mol. The van der Waals surface area contributed by atoms with Crippen molar-refractivity contribution in [3.8, 4) is 0 Å². The van der Waals surface area contributed by atoms with Crippen molar-refractivity contribution in [2.75, 3.05) is 12.8 Å². The fourth-order valence-corrected chi connectivity index (χ4v) is 4.76. The smallest absolute Gasteiger partial charge is 0.237 e. The zero-order valence-electron chi connectivity index (χ0n) is 16.4. The summed E-state index contributed by atoms with van der Waals surface area (Å²) >= 11 is 1.28. The molecule has 1 aliphatic carbocycles. The summed E-state index contributed by atoms with van der Waals surface area (Å²) in [5.74, 6) is 1.16. The van der Waals surface area contributed by atoms with E-state index >= 15 is 0 Å². The molecule has 1 saturated carbocycles. The molecule has 0 aromatic heterocycles. The zero-order chi connectivity index (χ0) is 19.7. The summed E-state index contributed by atoms with van der Waals surface area (Å²) in [7, 11) is 0. The second-order valence-corrected chi connectivity index (χ2v) is 9.56. The van der Waals surface area contributed by atoms with E-state index in [4.69, 9.17) is 4.74 Å². The molecular weight excluding hydrogens is 368 g/mol. The van der Waals surface area contributed by atoms with E-state index in [1.807, 2.05) is 13.8 Å². The van der Waals surface area contributed by atoms with E-state index in [0.717, 1.165) is 18.9 Å². The highest BCUT2D eigenvalue weighted by atomic mass is 32.2. The Bertz CT molecular complexity index is 516. The summed E-state index contributed by atoms with van der Waals surface area (Å²) in [6, 6.07) is -0.645. The summed E-state index contributed by atoms with van der Waals surface area (Å²) in [4.78, 5) is 12.8. The van der Waals surface area contributed by atoms with E-state index in [1.54, 1.807) is 6.26 Å². The van der Waals surface area contributed by atoms with E-state index in [1.165, 1.54) is 31.0 Å². The zero-order valence-corrected chi connectivity index (χ0v) is 17.2. The Balaban J connectivity index is 1.61. The molecule has 0 radical (unpaired) electrons. The Morgan fingerprint density at radius 2 is 1.89 bits per heavy atom. The molecule has 2 aliphatic heterocycles. The van der Waals surface area contributed by atoms with Gasteiger partial charge in [0.1, 0.15) is 29.9 Å². The maximum absolute atomic E-state index is 12.8. The standard InChI is InChI=1S/C19H34N2O5S/c1-9(2)12(17-15(23)14(22)16(24)19(26-17)27-3)21-18(25)13-11(8-20-13)7-6-10-4-5-10/h9-17,19-20,22-24H,4-8H2,1-3H3,(H,21,25)/t11-,12+,13-,14-,15+,16+,17?,19+/m0/s1. The molecule has 2 saturated heterocycles. The van der Waals surface area contributed by atoms with Crippen LogP contribution in [0.15, 0.2) is 0 Å². The van der Waals surface area contributed by atoms with Crippen molar-refractivity contribution in [2.45, 2.75) is 81.5 Å². The first-order valence-corrected chi connectivity index (χ1v) is 11.4. The van der Waals surface area contributed by atoms with E-state index < -0.39 is 35.9 Å². The van der Waals surface area contributed by atoms with E-state index in [-0.39, 0.29) is 17.9 Å². The quantitative estimate of drug-likeness (QED) is 0.391. The van der Waals surface area contributed by atoms with Gasteiger partial charge in [-0.05, 0) is 30.4 Å². The second-order valence-electron chi connectivity index (χ2n) is 8.62. The Hall–Kier alpha value is -0.380. The molecule has 3 aliphatic rings. The second kappa shape index (κ2) is 8.97. The van der Waals surface area contributed by atoms with Gasteiger partial charge in [0.05, 0.1) is 12.1 Å². The SMILES string of the molecule is CS[C@H]1OC([C@H](NC(=O)[C@H]2NC[C@@H]2CCC2CC2)C(C)C)[C@H](O)[C@H](O)[C@H]1O. The lowest BCUT2D eigenvalue weighted by Crippen LogP contribution is -2.67. The van der Waals surface area contributed by atoms with Gasteiger partial charge in [0.15, 0.2) is 0 Å². The van der Waals surface area contributed by atoms with Crippen LogP contribution in [0.4, 0.5) is 0 Å². The highest BCUT2D eigenvalue weighted by molar-refractivity contribution is 7.99. The number of carbonyl (C=O) groups is 1. The van der Waals surface area contributed by atoms with Crippen molar-refractivity contribution in [3.05, 3.63) is 0 Å². The lowest BCUT2D eigenvalue weighted by Gasteiger charge is -2.45. The van der Waals surface area contributed by atoms with Gasteiger partial charge in [-0.1, -0.05) is 33.1 Å². The van der Waals surface area contributed by atoms with Crippen LogP contribution < -0.4 is 10.6 Å². The number of aliphatic hydroxyl groups excluding tert-OH is 3. The largest absolute Gasteiger partial charge is 0.388 e. The third kappa shape index (κ3) is 4.79. The summed E-state index contributed by atoms with van der Waals surface area (Å²) in [6.07, 6.45) is 2.23. The minimum Gasteiger partial charge on any atom is -0.388 e. The van der Waals surface area contributed by atoms with Crippen LogP contribution in [0.2, 0.25) is 0 Å². The molecule has 3 rings (SSSR count). The third-order valence-electron chi connectivity index (χ3n) is 6.22. The lowest BCUT2D eigenvalue weighted by atomic mass is 9.84. The molecule has 0 aromatic carbocycles. The molecule has 3 fully saturated rings. The number of hydrogen-bond acceptors (Lipinski definition) is 7. The van der Waals surface area contributed by atoms with Gasteiger partial charge in [-0.15, -0.1) is 11.8 Å². The monoisotopic (exact) mass is 402 g/mol. The summed E-state index contributed by atoms with van der Waals surface area (Å²) in [5, 5.41) is 37.0. The van der Waals surface area contributed by atoms with E-state index in [9.17, 15) is 20.1 Å². The van der Waals surface area contributed by atoms with Crippen LogP contribution in [-0.4, -0.2) is 76.0 Å². The molecule has 1 unspecified atom stereocenters. The lowest BCUT2D eigenvalue weighted by molar-refractivity contribution is -0.208. The molecule has 8 heteroatoms. The van der Waals surface area contributed by atoms with Crippen LogP contribution in [0, 0.1) is 17.8 Å². The Morgan fingerprint density at radius 1 is 1.19 bits per heavy atom. The van der Waals surface area contributed by atoms with Crippen LogP contribution in [0.25, 0.3) is 0 Å². The van der Waals surface area contributed by atoms with Crippen molar-refractivity contribution in [2.24, 2.45) is 17.8 Å². The molecule has 27 heavy (non-hydrogen) atoms. The van der Waals surface area contributed by atoms with Gasteiger partial charge in [-0.25, -0.2) is 0 Å². The van der Waals surface area contributed by atoms with Gasteiger partial charge in [0.2, 0.25) is 5.91 Å². The van der Waals surface area contributed by atoms with Crippen molar-refractivity contribution >= 4 is 17.7 Å². The molecule has 0 spiro atoms. The number of ether oxygens (including phenoxy) is 1. The number of thioether (sulfide) groups is 1. The number of carbonyl (C=O) groups excluding carboxylic acids is 1. The maximum atomic E-state index is 12.8. The predicted octanol–water partition coefficient (Wildman–Crippen LogP) is 0.0760. The first-order chi connectivity index (χ1) is 12.8. The van der Waals surface area contributed by atoms with Crippen molar-refractivity contribution in [1.29, 1.82) is 0 Å².